The average molecular weight is 111 g/mol. The summed E-state index contributed by atoms with van der Waals surface area (Å²) < 4.78 is 0. The van der Waals surface area contributed by atoms with Crippen molar-refractivity contribution < 1.29 is 0 Å². The minimum atomic E-state index is 0.299. The van der Waals surface area contributed by atoms with Gasteiger partial charge >= 0.3 is 0 Å². The summed E-state index contributed by atoms with van der Waals surface area (Å²) >= 11 is 0. The van der Waals surface area contributed by atoms with E-state index in [1.165, 1.54) is 12.8 Å². The van der Waals surface area contributed by atoms with Crippen molar-refractivity contribution >= 4 is 0 Å². The summed E-state index contributed by atoms with van der Waals surface area (Å²) in [5, 5.41) is 0. The monoisotopic (exact) mass is 111 g/mol. The molecule has 0 spiro atoms. The van der Waals surface area contributed by atoms with Gasteiger partial charge in [0.15, 0.2) is 0 Å². The fourth-order valence-electron chi connectivity index (χ4n) is 0.864. The molecule has 1 saturated carbocycles. The zero-order valence-corrected chi connectivity index (χ0v) is 6.12. The van der Waals surface area contributed by atoms with E-state index in [-0.39, 0.29) is 0 Å². The first-order valence-corrected chi connectivity index (χ1v) is 3.31. The Morgan fingerprint density at radius 2 is 1.75 bits per heavy atom. The van der Waals surface area contributed by atoms with Crippen LogP contribution in [0.3, 0.4) is 0 Å². The van der Waals surface area contributed by atoms with Gasteiger partial charge in [0.05, 0.1) is 0 Å². The first kappa shape index (κ1) is 6.12. The minimum absolute atomic E-state index is 0.299. The highest BCUT2D eigenvalue weighted by Gasteiger charge is 2.47. The summed E-state index contributed by atoms with van der Waals surface area (Å²) in [6, 6.07) is 0. The Labute approximate surface area is 52.3 Å². The van der Waals surface area contributed by atoms with Crippen LogP contribution in [0.4, 0.5) is 0 Å². The summed E-state index contributed by atoms with van der Waals surface area (Å²) in [6.45, 7) is 10.9. The van der Waals surface area contributed by atoms with Gasteiger partial charge in [-0.1, -0.05) is 20.8 Å². The van der Waals surface area contributed by atoms with Gasteiger partial charge in [-0.05, 0) is 30.6 Å². The van der Waals surface area contributed by atoms with E-state index >= 15 is 0 Å². The summed E-state index contributed by atoms with van der Waals surface area (Å²) in [5.41, 5.74) is 0.875. The lowest BCUT2D eigenvalue weighted by Gasteiger charge is -2.26. The zero-order valence-electron chi connectivity index (χ0n) is 6.12. The molecule has 0 aromatic carbocycles. The second-order valence-corrected chi connectivity index (χ2v) is 3.94. The van der Waals surface area contributed by atoms with E-state index in [0.717, 1.165) is 0 Å². The normalized spacial score (nSPS) is 25.5. The lowest BCUT2D eigenvalue weighted by molar-refractivity contribution is 0.278. The van der Waals surface area contributed by atoms with Crippen molar-refractivity contribution in [1.29, 1.82) is 0 Å². The third-order valence-corrected chi connectivity index (χ3v) is 2.63. The van der Waals surface area contributed by atoms with Crippen molar-refractivity contribution in [3.63, 3.8) is 0 Å². The molecule has 0 atom stereocenters. The smallest absolute Gasteiger partial charge is 0.0274 e. The van der Waals surface area contributed by atoms with Crippen LogP contribution >= 0.6 is 0 Å². The second-order valence-electron chi connectivity index (χ2n) is 3.94. The van der Waals surface area contributed by atoms with Gasteiger partial charge in [-0.15, -0.1) is 0 Å². The molecular weight excluding hydrogens is 96.1 g/mol. The molecule has 1 fully saturated rings. The van der Waals surface area contributed by atoms with Gasteiger partial charge in [-0.25, -0.2) is 0 Å². The highest BCUT2D eigenvalue weighted by Crippen LogP contribution is 2.57. The van der Waals surface area contributed by atoms with Gasteiger partial charge in [-0.3, -0.25) is 0 Å². The summed E-state index contributed by atoms with van der Waals surface area (Å²) in [6.07, 6.45) is 2.76. The zero-order chi connectivity index (χ0) is 6.41. The Hall–Kier alpha value is 0. The fourth-order valence-corrected chi connectivity index (χ4v) is 0.864. The largest absolute Gasteiger partial charge is 0.0594 e. The second kappa shape index (κ2) is 1.29. The van der Waals surface area contributed by atoms with E-state index in [2.05, 4.69) is 27.7 Å². The van der Waals surface area contributed by atoms with Crippen molar-refractivity contribution in [2.45, 2.75) is 33.6 Å². The van der Waals surface area contributed by atoms with Crippen molar-refractivity contribution in [2.24, 2.45) is 10.8 Å². The highest BCUT2D eigenvalue weighted by atomic mass is 14.5. The maximum Gasteiger partial charge on any atom is -0.0274 e. The van der Waals surface area contributed by atoms with Crippen LogP contribution in [0.1, 0.15) is 33.6 Å². The Kier molecular flexibility index (Phi) is 0.984. The van der Waals surface area contributed by atoms with Gasteiger partial charge in [0, 0.05) is 0 Å². The van der Waals surface area contributed by atoms with E-state index < -0.39 is 0 Å². The van der Waals surface area contributed by atoms with Crippen LogP contribution in [-0.4, -0.2) is 0 Å². The molecule has 0 amide bonds. The third-order valence-electron chi connectivity index (χ3n) is 2.63. The predicted molar refractivity (Wildman–Crippen MR) is 36.5 cm³/mol. The van der Waals surface area contributed by atoms with E-state index in [9.17, 15) is 0 Å². The molecule has 0 saturated heterocycles. The quantitative estimate of drug-likeness (QED) is 0.488. The third kappa shape index (κ3) is 0.765. The van der Waals surface area contributed by atoms with E-state index in [1.54, 1.807) is 0 Å². The maximum atomic E-state index is 4.10. The molecular formula is C8H15. The Morgan fingerprint density at radius 3 is 1.75 bits per heavy atom. The molecule has 1 radical (unpaired) electrons. The van der Waals surface area contributed by atoms with Gasteiger partial charge in [0.2, 0.25) is 0 Å². The van der Waals surface area contributed by atoms with Crippen LogP contribution in [0.25, 0.3) is 0 Å². The predicted octanol–water partition coefficient (Wildman–Crippen LogP) is 2.65. The van der Waals surface area contributed by atoms with Crippen molar-refractivity contribution in [3.05, 3.63) is 6.92 Å². The van der Waals surface area contributed by atoms with Crippen LogP contribution in [0.5, 0.6) is 0 Å². The van der Waals surface area contributed by atoms with Gasteiger partial charge in [0.1, 0.15) is 0 Å². The number of hydrogen-bond donors (Lipinski definition) is 0. The molecule has 0 aromatic rings. The molecule has 0 nitrogen and oxygen atoms in total. The Bertz CT molecular complexity index is 87.9. The summed E-state index contributed by atoms with van der Waals surface area (Å²) in [5.74, 6) is 0. The molecule has 0 heteroatoms. The molecule has 1 aliphatic rings. The maximum absolute atomic E-state index is 4.10. The number of hydrogen-bond acceptors (Lipinski definition) is 0. The standard InChI is InChI=1S/C8H15/c1-7(2,3)8(4)5-6-8/h1,5-6H2,2-4H3. The molecule has 0 unspecified atom stereocenters. The molecule has 8 heavy (non-hydrogen) atoms. The lowest BCUT2D eigenvalue weighted by Crippen LogP contribution is -2.18. The molecule has 1 rings (SSSR count). The van der Waals surface area contributed by atoms with Crippen LogP contribution in [0.2, 0.25) is 0 Å². The number of rotatable bonds is 1. The molecule has 0 N–H and O–H groups in total. The van der Waals surface area contributed by atoms with Crippen LogP contribution in [-0.2, 0) is 0 Å². The van der Waals surface area contributed by atoms with E-state index in [4.69, 9.17) is 0 Å². The SMILES string of the molecule is [CH2]C(C)(C)C1(C)CC1. The Balaban J connectivity index is 2.58. The molecule has 0 aliphatic heterocycles. The van der Waals surface area contributed by atoms with E-state index in [0.29, 0.717) is 10.8 Å². The first-order chi connectivity index (χ1) is 3.46. The van der Waals surface area contributed by atoms with Crippen molar-refractivity contribution in [1.82, 2.24) is 0 Å². The summed E-state index contributed by atoms with van der Waals surface area (Å²) in [7, 11) is 0. The van der Waals surface area contributed by atoms with E-state index in [1.807, 2.05) is 0 Å². The highest BCUT2D eigenvalue weighted by molar-refractivity contribution is 5.01. The molecule has 0 aromatic heterocycles. The molecule has 47 valence electrons. The van der Waals surface area contributed by atoms with Crippen LogP contribution < -0.4 is 0 Å². The van der Waals surface area contributed by atoms with Crippen LogP contribution in [0.15, 0.2) is 0 Å². The molecule has 1 aliphatic carbocycles. The minimum Gasteiger partial charge on any atom is -0.0594 e. The van der Waals surface area contributed by atoms with Crippen molar-refractivity contribution in [3.8, 4) is 0 Å². The van der Waals surface area contributed by atoms with Gasteiger partial charge in [0.25, 0.3) is 0 Å². The fraction of sp³-hybridized carbons (Fsp3) is 0.875. The average Bonchev–Trinajstić information content (AvgIpc) is 2.16. The van der Waals surface area contributed by atoms with Gasteiger partial charge < -0.3 is 0 Å². The van der Waals surface area contributed by atoms with Gasteiger partial charge in [-0.2, -0.15) is 0 Å². The van der Waals surface area contributed by atoms with Crippen molar-refractivity contribution in [2.75, 3.05) is 0 Å². The molecule has 0 heterocycles. The summed E-state index contributed by atoms with van der Waals surface area (Å²) in [4.78, 5) is 0. The molecule has 0 bridgehead atoms. The topological polar surface area (TPSA) is 0 Å². The Morgan fingerprint density at radius 1 is 1.38 bits per heavy atom. The first-order valence-electron chi connectivity index (χ1n) is 3.31. The van der Waals surface area contributed by atoms with Crippen LogP contribution in [0, 0.1) is 17.8 Å². The lowest BCUT2D eigenvalue weighted by atomic mass is 9.79.